The number of rotatable bonds is 5. The van der Waals surface area contributed by atoms with Gasteiger partial charge in [0.05, 0.1) is 26.3 Å². The van der Waals surface area contributed by atoms with Crippen molar-refractivity contribution >= 4 is 12.3 Å². The van der Waals surface area contributed by atoms with Gasteiger partial charge in [0.25, 0.3) is 0 Å². The van der Waals surface area contributed by atoms with E-state index in [1.807, 2.05) is 24.3 Å². The fraction of sp³-hybridized carbons (Fsp3) is 0.214. The molecule has 1 aromatic carbocycles. The van der Waals surface area contributed by atoms with Crippen molar-refractivity contribution < 1.29 is 19.1 Å². The van der Waals surface area contributed by atoms with E-state index in [1.54, 1.807) is 7.11 Å². The Kier molecular flexibility index (Phi) is 4.14. The lowest BCUT2D eigenvalue weighted by Gasteiger charge is -2.03. The number of aromatic nitrogens is 2. The van der Waals surface area contributed by atoms with Crippen LogP contribution in [0, 0.1) is 0 Å². The Morgan fingerprint density at radius 3 is 2.55 bits per heavy atom. The highest BCUT2D eigenvalue weighted by Crippen LogP contribution is 2.13. The molecule has 0 saturated carbocycles. The SMILES string of the molecule is COC(=O)c1nn(Cc2ccc(OC)cc2)cc1C=O. The predicted molar refractivity (Wildman–Crippen MR) is 71.1 cm³/mol. The van der Waals surface area contributed by atoms with Crippen molar-refractivity contribution in [1.29, 1.82) is 0 Å². The summed E-state index contributed by atoms with van der Waals surface area (Å²) in [5.74, 6) is 0.138. The third-order valence-electron chi connectivity index (χ3n) is 2.80. The van der Waals surface area contributed by atoms with Gasteiger partial charge in [-0.2, -0.15) is 5.10 Å². The Morgan fingerprint density at radius 1 is 1.30 bits per heavy atom. The normalized spacial score (nSPS) is 10.1. The zero-order chi connectivity index (χ0) is 14.5. The maximum absolute atomic E-state index is 11.5. The maximum Gasteiger partial charge on any atom is 0.359 e. The second-order valence-corrected chi connectivity index (χ2v) is 4.09. The fourth-order valence-electron chi connectivity index (χ4n) is 1.78. The number of esters is 1. The summed E-state index contributed by atoms with van der Waals surface area (Å²) in [4.78, 5) is 22.4. The molecule has 0 spiro atoms. The van der Waals surface area contributed by atoms with E-state index in [2.05, 4.69) is 9.84 Å². The summed E-state index contributed by atoms with van der Waals surface area (Å²) in [6.07, 6.45) is 2.10. The Labute approximate surface area is 115 Å². The van der Waals surface area contributed by atoms with E-state index in [4.69, 9.17) is 4.74 Å². The second-order valence-electron chi connectivity index (χ2n) is 4.09. The number of methoxy groups -OCH3 is 2. The van der Waals surface area contributed by atoms with E-state index < -0.39 is 5.97 Å². The van der Waals surface area contributed by atoms with Gasteiger partial charge in [-0.1, -0.05) is 12.1 Å². The molecule has 0 amide bonds. The first-order chi connectivity index (χ1) is 9.67. The molecule has 0 N–H and O–H groups in total. The van der Waals surface area contributed by atoms with Crippen LogP contribution in [0.3, 0.4) is 0 Å². The van der Waals surface area contributed by atoms with Gasteiger partial charge >= 0.3 is 5.97 Å². The van der Waals surface area contributed by atoms with Crippen LogP contribution in [-0.2, 0) is 11.3 Å². The van der Waals surface area contributed by atoms with E-state index in [9.17, 15) is 9.59 Å². The minimum Gasteiger partial charge on any atom is -0.497 e. The summed E-state index contributed by atoms with van der Waals surface area (Å²) in [5, 5.41) is 4.07. The first-order valence-corrected chi connectivity index (χ1v) is 5.91. The van der Waals surface area contributed by atoms with Gasteiger partial charge in [0.2, 0.25) is 0 Å². The number of benzene rings is 1. The average molecular weight is 274 g/mol. The van der Waals surface area contributed by atoms with Crippen LogP contribution in [0.15, 0.2) is 30.5 Å². The quantitative estimate of drug-likeness (QED) is 0.611. The van der Waals surface area contributed by atoms with E-state index in [0.717, 1.165) is 11.3 Å². The standard InChI is InChI=1S/C14H14N2O4/c1-19-12-5-3-10(4-6-12)7-16-8-11(9-17)13(15-16)14(18)20-2/h3-6,8-9H,7H2,1-2H3. The van der Waals surface area contributed by atoms with E-state index in [0.29, 0.717) is 12.8 Å². The second kappa shape index (κ2) is 6.01. The molecule has 0 aliphatic rings. The van der Waals surface area contributed by atoms with E-state index in [-0.39, 0.29) is 11.3 Å². The summed E-state index contributed by atoms with van der Waals surface area (Å²) in [7, 11) is 2.85. The minimum atomic E-state index is -0.624. The molecule has 20 heavy (non-hydrogen) atoms. The highest BCUT2D eigenvalue weighted by molar-refractivity contribution is 5.96. The van der Waals surface area contributed by atoms with Crippen LogP contribution in [-0.4, -0.2) is 36.3 Å². The molecular weight excluding hydrogens is 260 g/mol. The van der Waals surface area contributed by atoms with Crippen LogP contribution in [0.1, 0.15) is 26.4 Å². The number of hydrogen-bond donors (Lipinski definition) is 0. The Balaban J connectivity index is 2.22. The number of carbonyl (C=O) groups excluding carboxylic acids is 2. The Morgan fingerprint density at radius 2 is 2.00 bits per heavy atom. The van der Waals surface area contributed by atoms with Crippen LogP contribution in [0.2, 0.25) is 0 Å². The zero-order valence-electron chi connectivity index (χ0n) is 11.2. The van der Waals surface area contributed by atoms with Crippen molar-refractivity contribution in [1.82, 2.24) is 9.78 Å². The molecule has 0 saturated heterocycles. The molecule has 0 fully saturated rings. The summed E-state index contributed by atoms with van der Waals surface area (Å²) < 4.78 is 11.2. The number of hydrogen-bond acceptors (Lipinski definition) is 5. The molecule has 0 atom stereocenters. The molecule has 2 aromatic rings. The largest absolute Gasteiger partial charge is 0.497 e. The molecule has 2 rings (SSSR count). The lowest BCUT2D eigenvalue weighted by atomic mass is 10.2. The van der Waals surface area contributed by atoms with Crippen LogP contribution >= 0.6 is 0 Å². The van der Waals surface area contributed by atoms with Crippen molar-refractivity contribution in [3.63, 3.8) is 0 Å². The number of ether oxygens (including phenoxy) is 2. The predicted octanol–water partition coefficient (Wildman–Crippen LogP) is 1.54. The zero-order valence-corrected chi connectivity index (χ0v) is 11.2. The first-order valence-electron chi connectivity index (χ1n) is 5.91. The van der Waals surface area contributed by atoms with Crippen molar-refractivity contribution in [3.8, 4) is 5.75 Å². The molecule has 6 nitrogen and oxygen atoms in total. The van der Waals surface area contributed by atoms with Crippen LogP contribution in [0.4, 0.5) is 0 Å². The number of carbonyl (C=O) groups is 2. The van der Waals surface area contributed by atoms with Crippen molar-refractivity contribution in [2.24, 2.45) is 0 Å². The molecule has 0 radical (unpaired) electrons. The number of nitrogens with zero attached hydrogens (tertiary/aromatic N) is 2. The van der Waals surface area contributed by atoms with Gasteiger partial charge < -0.3 is 9.47 Å². The smallest absolute Gasteiger partial charge is 0.359 e. The molecule has 0 bridgehead atoms. The van der Waals surface area contributed by atoms with E-state index >= 15 is 0 Å². The summed E-state index contributed by atoms with van der Waals surface area (Å²) in [5.41, 5.74) is 1.21. The van der Waals surface area contributed by atoms with Gasteiger partial charge in [0, 0.05) is 6.20 Å². The topological polar surface area (TPSA) is 70.4 Å². The fourth-order valence-corrected chi connectivity index (χ4v) is 1.78. The molecule has 1 heterocycles. The highest BCUT2D eigenvalue weighted by Gasteiger charge is 2.16. The summed E-state index contributed by atoms with van der Waals surface area (Å²) in [6.45, 7) is 0.446. The Hall–Kier alpha value is -2.63. The van der Waals surface area contributed by atoms with E-state index in [1.165, 1.54) is 18.0 Å². The van der Waals surface area contributed by atoms with Crippen LogP contribution in [0.25, 0.3) is 0 Å². The Bertz CT molecular complexity index is 617. The number of aldehydes is 1. The molecule has 1 aromatic heterocycles. The van der Waals surface area contributed by atoms with Crippen molar-refractivity contribution in [2.75, 3.05) is 14.2 Å². The highest BCUT2D eigenvalue weighted by atomic mass is 16.5. The van der Waals surface area contributed by atoms with Gasteiger partial charge in [0.15, 0.2) is 12.0 Å². The first kappa shape index (κ1) is 13.8. The third kappa shape index (κ3) is 2.85. The lowest BCUT2D eigenvalue weighted by Crippen LogP contribution is -2.07. The molecule has 0 aliphatic heterocycles. The monoisotopic (exact) mass is 274 g/mol. The molecule has 0 unspecified atom stereocenters. The van der Waals surface area contributed by atoms with Gasteiger partial charge in [-0.15, -0.1) is 0 Å². The van der Waals surface area contributed by atoms with Gasteiger partial charge in [-0.25, -0.2) is 4.79 Å². The molecule has 0 aliphatic carbocycles. The molecular formula is C14H14N2O4. The molecule has 6 heteroatoms. The minimum absolute atomic E-state index is 0.0241. The van der Waals surface area contributed by atoms with Gasteiger partial charge in [-0.05, 0) is 17.7 Å². The van der Waals surface area contributed by atoms with Crippen LogP contribution < -0.4 is 4.74 Å². The summed E-state index contributed by atoms with van der Waals surface area (Å²) in [6, 6.07) is 7.44. The van der Waals surface area contributed by atoms with Gasteiger partial charge in [0.1, 0.15) is 5.75 Å². The van der Waals surface area contributed by atoms with Crippen LogP contribution in [0.5, 0.6) is 5.75 Å². The average Bonchev–Trinajstić information content (AvgIpc) is 2.90. The molecule has 104 valence electrons. The summed E-state index contributed by atoms with van der Waals surface area (Å²) >= 11 is 0. The maximum atomic E-state index is 11.5. The van der Waals surface area contributed by atoms with Gasteiger partial charge in [-0.3, -0.25) is 9.48 Å². The van der Waals surface area contributed by atoms with Crippen molar-refractivity contribution in [3.05, 3.63) is 47.3 Å². The van der Waals surface area contributed by atoms with Crippen molar-refractivity contribution in [2.45, 2.75) is 6.54 Å². The third-order valence-corrected chi connectivity index (χ3v) is 2.80. The lowest BCUT2D eigenvalue weighted by molar-refractivity contribution is 0.0590.